The van der Waals surface area contributed by atoms with Crippen molar-refractivity contribution in [2.45, 2.75) is 6.04 Å². The van der Waals surface area contributed by atoms with Gasteiger partial charge in [0, 0.05) is 40.3 Å². The molecule has 0 bridgehead atoms. The molecule has 0 aromatic heterocycles. The van der Waals surface area contributed by atoms with Gasteiger partial charge in [0.15, 0.2) is 0 Å². The topological polar surface area (TPSA) is 47.1 Å². The van der Waals surface area contributed by atoms with Crippen LogP contribution in [0, 0.1) is 0 Å². The van der Waals surface area contributed by atoms with Crippen LogP contribution in [0.15, 0.2) is 30.3 Å². The molecule has 24 heavy (non-hydrogen) atoms. The highest BCUT2D eigenvalue weighted by atomic mass is 16.2. The summed E-state index contributed by atoms with van der Waals surface area (Å²) in [5.74, 6) is 0.231. The Balaban J connectivity index is 1.97. The average Bonchev–Trinajstić information content (AvgIpc) is 2.56. The van der Waals surface area contributed by atoms with Crippen LogP contribution >= 0.6 is 0 Å². The van der Waals surface area contributed by atoms with Gasteiger partial charge in [0.05, 0.1) is 6.54 Å². The van der Waals surface area contributed by atoms with Gasteiger partial charge in [-0.15, -0.1) is 0 Å². The van der Waals surface area contributed by atoms with Crippen molar-refractivity contribution in [2.24, 2.45) is 0 Å². The van der Waals surface area contributed by atoms with Crippen molar-refractivity contribution in [3.63, 3.8) is 0 Å². The van der Waals surface area contributed by atoms with Gasteiger partial charge < -0.3 is 9.80 Å². The first-order valence-electron chi connectivity index (χ1n) is 8.33. The minimum atomic E-state index is -0.263. The molecule has 0 N–H and O–H groups in total. The van der Waals surface area contributed by atoms with E-state index in [9.17, 15) is 9.59 Å². The van der Waals surface area contributed by atoms with Crippen LogP contribution < -0.4 is 0 Å². The molecule has 1 aromatic carbocycles. The predicted molar refractivity (Wildman–Crippen MR) is 94.6 cm³/mol. The summed E-state index contributed by atoms with van der Waals surface area (Å²) in [5.41, 5.74) is 1.01. The Labute approximate surface area is 144 Å². The molecule has 6 heteroatoms. The molecule has 2 amide bonds. The van der Waals surface area contributed by atoms with Crippen LogP contribution in [0.25, 0.3) is 0 Å². The first kappa shape index (κ1) is 18.4. The Morgan fingerprint density at radius 1 is 1.00 bits per heavy atom. The number of piperazine rings is 1. The van der Waals surface area contributed by atoms with Crippen LogP contribution in [0.4, 0.5) is 0 Å². The van der Waals surface area contributed by atoms with Crippen molar-refractivity contribution >= 4 is 11.8 Å². The van der Waals surface area contributed by atoms with Crippen LogP contribution in [0.2, 0.25) is 0 Å². The Morgan fingerprint density at radius 3 is 2.08 bits per heavy atom. The van der Waals surface area contributed by atoms with E-state index in [0.29, 0.717) is 19.6 Å². The smallest absolute Gasteiger partial charge is 0.244 e. The molecule has 0 aliphatic carbocycles. The number of likely N-dealkylation sites (N-methyl/N-ethyl adjacent to an activating group) is 2. The lowest BCUT2D eigenvalue weighted by Crippen LogP contribution is -2.53. The quantitative estimate of drug-likeness (QED) is 0.789. The average molecular weight is 332 g/mol. The number of nitrogens with zero attached hydrogens (tertiary/aromatic N) is 4. The number of rotatable bonds is 5. The second-order valence-electron chi connectivity index (χ2n) is 6.67. The molecule has 1 atom stereocenters. The molecule has 1 saturated heterocycles. The molecule has 1 aliphatic rings. The highest BCUT2D eigenvalue weighted by Crippen LogP contribution is 2.21. The SMILES string of the molecule is CN(C)C(=O)CN1CCN(C(=O)C(c2ccccc2)N(C)C)CC1. The molecule has 0 saturated carbocycles. The molecule has 0 radical (unpaired) electrons. The fourth-order valence-electron chi connectivity index (χ4n) is 2.93. The summed E-state index contributed by atoms with van der Waals surface area (Å²) in [5, 5.41) is 0. The van der Waals surface area contributed by atoms with E-state index in [4.69, 9.17) is 0 Å². The van der Waals surface area contributed by atoms with Gasteiger partial charge in [-0.2, -0.15) is 0 Å². The minimum Gasteiger partial charge on any atom is -0.348 e. The van der Waals surface area contributed by atoms with E-state index in [0.717, 1.165) is 18.7 Å². The number of carbonyl (C=O) groups is 2. The van der Waals surface area contributed by atoms with Crippen LogP contribution in [-0.4, -0.2) is 92.3 Å². The van der Waals surface area contributed by atoms with Crippen molar-refractivity contribution < 1.29 is 9.59 Å². The van der Waals surface area contributed by atoms with Gasteiger partial charge in [-0.05, 0) is 19.7 Å². The third-order valence-electron chi connectivity index (χ3n) is 4.41. The first-order chi connectivity index (χ1) is 11.4. The number of hydrogen-bond acceptors (Lipinski definition) is 4. The zero-order valence-corrected chi connectivity index (χ0v) is 15.1. The van der Waals surface area contributed by atoms with Crippen molar-refractivity contribution in [2.75, 3.05) is 60.9 Å². The Hall–Kier alpha value is -1.92. The molecule has 2 rings (SSSR count). The van der Waals surface area contributed by atoms with E-state index >= 15 is 0 Å². The lowest BCUT2D eigenvalue weighted by Gasteiger charge is -2.37. The number of carbonyl (C=O) groups excluding carboxylic acids is 2. The van der Waals surface area contributed by atoms with Crippen LogP contribution in [-0.2, 0) is 9.59 Å². The molecule has 1 heterocycles. The lowest BCUT2D eigenvalue weighted by atomic mass is 10.0. The summed E-state index contributed by atoms with van der Waals surface area (Å²) in [6, 6.07) is 9.61. The number of benzene rings is 1. The second-order valence-corrected chi connectivity index (χ2v) is 6.67. The summed E-state index contributed by atoms with van der Waals surface area (Å²) in [4.78, 5) is 32.4. The molecule has 1 aromatic rings. The number of amides is 2. The van der Waals surface area contributed by atoms with Gasteiger partial charge in [0.2, 0.25) is 11.8 Å². The summed E-state index contributed by atoms with van der Waals surface area (Å²) < 4.78 is 0. The van der Waals surface area contributed by atoms with Gasteiger partial charge in [0.25, 0.3) is 0 Å². The van der Waals surface area contributed by atoms with E-state index in [1.54, 1.807) is 19.0 Å². The molecule has 1 aliphatic heterocycles. The van der Waals surface area contributed by atoms with Crippen molar-refractivity contribution in [3.8, 4) is 0 Å². The van der Waals surface area contributed by atoms with Crippen molar-refractivity contribution in [1.82, 2.24) is 19.6 Å². The standard InChI is InChI=1S/C18H28N4O2/c1-19(2)16(23)14-21-10-12-22(13-11-21)18(24)17(20(3)4)15-8-6-5-7-9-15/h5-9,17H,10-14H2,1-4H3. The number of hydrogen-bond donors (Lipinski definition) is 0. The first-order valence-corrected chi connectivity index (χ1v) is 8.33. The predicted octanol–water partition coefficient (Wildman–Crippen LogP) is 0.522. The largest absolute Gasteiger partial charge is 0.348 e. The Morgan fingerprint density at radius 2 is 1.58 bits per heavy atom. The van der Waals surface area contributed by atoms with E-state index in [1.807, 2.05) is 54.2 Å². The van der Waals surface area contributed by atoms with Gasteiger partial charge in [-0.3, -0.25) is 19.4 Å². The monoisotopic (exact) mass is 332 g/mol. The van der Waals surface area contributed by atoms with Crippen LogP contribution in [0.1, 0.15) is 11.6 Å². The maximum atomic E-state index is 13.0. The molecule has 6 nitrogen and oxygen atoms in total. The highest BCUT2D eigenvalue weighted by Gasteiger charge is 2.30. The molecular formula is C18H28N4O2. The maximum Gasteiger partial charge on any atom is 0.244 e. The van der Waals surface area contributed by atoms with Crippen LogP contribution in [0.3, 0.4) is 0 Å². The van der Waals surface area contributed by atoms with E-state index in [-0.39, 0.29) is 17.9 Å². The molecule has 1 unspecified atom stereocenters. The van der Waals surface area contributed by atoms with E-state index < -0.39 is 0 Å². The molecular weight excluding hydrogens is 304 g/mol. The zero-order chi connectivity index (χ0) is 17.7. The molecule has 1 fully saturated rings. The zero-order valence-electron chi connectivity index (χ0n) is 15.1. The van der Waals surface area contributed by atoms with Crippen LogP contribution in [0.5, 0.6) is 0 Å². The lowest BCUT2D eigenvalue weighted by molar-refractivity contribution is -0.138. The van der Waals surface area contributed by atoms with Gasteiger partial charge >= 0.3 is 0 Å². The summed E-state index contributed by atoms with van der Waals surface area (Å²) >= 11 is 0. The van der Waals surface area contributed by atoms with Gasteiger partial charge in [-0.25, -0.2) is 0 Å². The fraction of sp³-hybridized carbons (Fsp3) is 0.556. The summed E-state index contributed by atoms with van der Waals surface area (Å²) in [7, 11) is 7.40. The van der Waals surface area contributed by atoms with E-state index in [1.165, 1.54) is 0 Å². The molecule has 132 valence electrons. The third-order valence-corrected chi connectivity index (χ3v) is 4.41. The minimum absolute atomic E-state index is 0.102. The second kappa shape index (κ2) is 8.26. The highest BCUT2D eigenvalue weighted by molar-refractivity contribution is 5.83. The van der Waals surface area contributed by atoms with Gasteiger partial charge in [-0.1, -0.05) is 30.3 Å². The fourth-order valence-corrected chi connectivity index (χ4v) is 2.93. The Kier molecular flexibility index (Phi) is 6.34. The molecule has 0 spiro atoms. The normalized spacial score (nSPS) is 17.0. The summed E-state index contributed by atoms with van der Waals surface area (Å²) in [6.45, 7) is 3.22. The third kappa shape index (κ3) is 4.55. The maximum absolute atomic E-state index is 13.0. The Bertz CT molecular complexity index is 551. The van der Waals surface area contributed by atoms with E-state index in [2.05, 4.69) is 4.90 Å². The van der Waals surface area contributed by atoms with Gasteiger partial charge in [0.1, 0.15) is 6.04 Å². The van der Waals surface area contributed by atoms with Crippen molar-refractivity contribution in [1.29, 1.82) is 0 Å². The summed E-state index contributed by atoms with van der Waals surface area (Å²) in [6.07, 6.45) is 0. The van der Waals surface area contributed by atoms with Crippen molar-refractivity contribution in [3.05, 3.63) is 35.9 Å².